The van der Waals surface area contributed by atoms with E-state index in [1.807, 2.05) is 121 Å². The zero-order chi connectivity index (χ0) is 41.1. The molecule has 2 amide bonds. The third-order valence-corrected chi connectivity index (χ3v) is 11.6. The molecule has 11 heteroatoms. The van der Waals surface area contributed by atoms with E-state index in [4.69, 9.17) is 14.3 Å². The lowest BCUT2D eigenvalue weighted by atomic mass is 9.65. The first-order chi connectivity index (χ1) is 28.8. The van der Waals surface area contributed by atoms with Crippen LogP contribution in [0.15, 0.2) is 133 Å². The van der Waals surface area contributed by atoms with Gasteiger partial charge in [0.2, 0.25) is 5.91 Å². The molecule has 2 N–H and O–H groups in total. The van der Waals surface area contributed by atoms with E-state index >= 15 is 9.59 Å². The number of hydrogen-bond donors (Lipinski definition) is 2. The number of esters is 1. The number of nitrogens with zero attached hydrogens (tertiary/aromatic N) is 3. The molecule has 300 valence electrons. The SMILES string of the molecule is CON(C)C(=O)[C@H]1[C@@H]2C(=O)O[C@@H](c3ccccc3)[C@@H](c3ccccc3)N2[C@@H](c2ccc(OCCO)cc2)[C@]12C(=O)Nc1ccc(C#CCN(C)Cc3ccccc3)cc12. The van der Waals surface area contributed by atoms with Gasteiger partial charge in [-0.3, -0.25) is 29.0 Å². The number of morpholine rings is 1. The number of anilines is 1. The van der Waals surface area contributed by atoms with Crippen molar-refractivity contribution in [2.45, 2.75) is 36.2 Å². The predicted octanol–water partition coefficient (Wildman–Crippen LogP) is 5.83. The maximum atomic E-state index is 15.3. The van der Waals surface area contributed by atoms with Crippen LogP contribution in [-0.2, 0) is 35.9 Å². The van der Waals surface area contributed by atoms with Crippen LogP contribution in [0.5, 0.6) is 5.75 Å². The van der Waals surface area contributed by atoms with Crippen molar-refractivity contribution < 1.29 is 33.8 Å². The Morgan fingerprint density at radius 3 is 2.17 bits per heavy atom. The summed E-state index contributed by atoms with van der Waals surface area (Å²) in [7, 11) is 4.87. The number of amides is 2. The number of hydroxylamine groups is 2. The minimum absolute atomic E-state index is 0.100. The van der Waals surface area contributed by atoms with Crippen LogP contribution in [0.25, 0.3) is 0 Å². The van der Waals surface area contributed by atoms with E-state index in [1.54, 1.807) is 12.1 Å². The smallest absolute Gasteiger partial charge is 0.324 e. The summed E-state index contributed by atoms with van der Waals surface area (Å²) in [6.07, 6.45) is -0.794. The molecule has 0 radical (unpaired) electrons. The van der Waals surface area contributed by atoms with Gasteiger partial charge in [0, 0.05) is 24.8 Å². The van der Waals surface area contributed by atoms with Gasteiger partial charge in [-0.1, -0.05) is 115 Å². The minimum Gasteiger partial charge on any atom is -0.491 e. The third kappa shape index (κ3) is 7.26. The Morgan fingerprint density at radius 1 is 0.847 bits per heavy atom. The van der Waals surface area contributed by atoms with Crippen LogP contribution in [0.4, 0.5) is 5.69 Å². The average molecular weight is 791 g/mol. The average Bonchev–Trinajstić information content (AvgIpc) is 3.74. The Kier molecular flexibility index (Phi) is 11.3. The lowest BCUT2D eigenvalue weighted by Gasteiger charge is -2.46. The number of fused-ring (bicyclic) bond motifs is 3. The Morgan fingerprint density at radius 2 is 1.51 bits per heavy atom. The van der Waals surface area contributed by atoms with Crippen molar-refractivity contribution in [3.05, 3.63) is 167 Å². The first-order valence-corrected chi connectivity index (χ1v) is 19.7. The van der Waals surface area contributed by atoms with Crippen molar-refractivity contribution in [3.8, 4) is 17.6 Å². The summed E-state index contributed by atoms with van der Waals surface area (Å²) in [4.78, 5) is 54.9. The van der Waals surface area contributed by atoms with Gasteiger partial charge in [-0.2, -0.15) is 0 Å². The normalized spacial score (nSPS) is 23.2. The highest BCUT2D eigenvalue weighted by Gasteiger charge is 2.74. The summed E-state index contributed by atoms with van der Waals surface area (Å²) in [6, 6.07) is 39.5. The topological polar surface area (TPSA) is 121 Å². The highest BCUT2D eigenvalue weighted by atomic mass is 16.7. The van der Waals surface area contributed by atoms with Crippen LogP contribution >= 0.6 is 0 Å². The molecular formula is C48H46N4O7. The standard InChI is InChI=1S/C48H46N4O7/c1-50(31-33-14-7-4-8-15-33)27-13-16-32-21-26-39-38(30-32)48(47(56)49-39)40(45(54)51(2)57-3)42-46(55)59-43(35-19-11-6-12-20-35)41(34-17-9-5-10-18-34)52(42)44(48)36-22-24-37(25-23-36)58-29-28-53/h4-12,14-15,17-26,30,40-44,53H,27-29,31H2,1-3H3,(H,49,56)/t40-,41-,42-,43+,44+,48-/m1/s1. The van der Waals surface area contributed by atoms with Crippen LogP contribution in [0.2, 0.25) is 0 Å². The lowest BCUT2D eigenvalue weighted by Crippen LogP contribution is -2.54. The number of benzene rings is 5. The van der Waals surface area contributed by atoms with Gasteiger partial charge in [0.05, 0.1) is 38.3 Å². The molecule has 59 heavy (non-hydrogen) atoms. The molecule has 6 atom stereocenters. The Labute approximate surface area is 344 Å². The zero-order valence-electron chi connectivity index (χ0n) is 33.2. The second kappa shape index (κ2) is 16.9. The number of cyclic esters (lactones) is 1. The molecule has 1 spiro atoms. The molecule has 8 rings (SSSR count). The summed E-state index contributed by atoms with van der Waals surface area (Å²) < 4.78 is 12.2. The number of aliphatic hydroxyl groups is 1. The number of carbonyl (C=O) groups excluding carboxylic acids is 3. The van der Waals surface area contributed by atoms with Crippen LogP contribution in [0.1, 0.15) is 51.6 Å². The van der Waals surface area contributed by atoms with Gasteiger partial charge in [0.25, 0.3) is 5.91 Å². The van der Waals surface area contributed by atoms with Crippen molar-refractivity contribution in [2.75, 3.05) is 46.3 Å². The molecule has 5 aromatic rings. The molecule has 2 fully saturated rings. The first kappa shape index (κ1) is 39.5. The van der Waals surface area contributed by atoms with Crippen LogP contribution in [-0.4, -0.2) is 84.8 Å². The van der Waals surface area contributed by atoms with Gasteiger partial charge in [-0.15, -0.1) is 0 Å². The summed E-state index contributed by atoms with van der Waals surface area (Å²) in [5, 5.41) is 13.7. The molecular weight excluding hydrogens is 745 g/mol. The van der Waals surface area contributed by atoms with E-state index < -0.39 is 53.3 Å². The van der Waals surface area contributed by atoms with E-state index in [-0.39, 0.29) is 13.2 Å². The van der Waals surface area contributed by atoms with E-state index in [0.717, 1.165) is 22.7 Å². The molecule has 0 bridgehead atoms. The quantitative estimate of drug-likeness (QED) is 0.0968. The number of nitrogens with one attached hydrogen (secondary N) is 1. The van der Waals surface area contributed by atoms with E-state index in [0.29, 0.717) is 34.7 Å². The molecule has 3 aliphatic rings. The molecule has 0 aliphatic carbocycles. The van der Waals surface area contributed by atoms with Crippen LogP contribution in [0, 0.1) is 17.8 Å². The molecule has 3 aliphatic heterocycles. The van der Waals surface area contributed by atoms with Gasteiger partial charge in [0.1, 0.15) is 29.9 Å². The minimum atomic E-state index is -1.68. The van der Waals surface area contributed by atoms with Crippen molar-refractivity contribution in [1.29, 1.82) is 0 Å². The molecule has 0 aromatic heterocycles. The fraction of sp³-hybridized carbons (Fsp3) is 0.271. The summed E-state index contributed by atoms with van der Waals surface area (Å²) in [6.45, 7) is 1.16. The summed E-state index contributed by atoms with van der Waals surface area (Å²) in [5.41, 5.74) is 3.50. The van der Waals surface area contributed by atoms with Crippen molar-refractivity contribution >= 4 is 23.5 Å². The number of carbonyl (C=O) groups is 3. The fourth-order valence-corrected chi connectivity index (χ4v) is 9.07. The maximum Gasteiger partial charge on any atom is 0.324 e. The largest absolute Gasteiger partial charge is 0.491 e. The van der Waals surface area contributed by atoms with Crippen molar-refractivity contribution in [1.82, 2.24) is 14.9 Å². The highest BCUT2D eigenvalue weighted by molar-refractivity contribution is 6.12. The summed E-state index contributed by atoms with van der Waals surface area (Å²) in [5.74, 6) is 4.21. The Hall–Kier alpha value is -6.29. The van der Waals surface area contributed by atoms with E-state index in [2.05, 4.69) is 34.2 Å². The summed E-state index contributed by atoms with van der Waals surface area (Å²) >= 11 is 0. The van der Waals surface area contributed by atoms with Gasteiger partial charge in [0.15, 0.2) is 0 Å². The van der Waals surface area contributed by atoms with Gasteiger partial charge in [-0.25, -0.2) is 5.06 Å². The van der Waals surface area contributed by atoms with Crippen molar-refractivity contribution in [2.24, 2.45) is 5.92 Å². The maximum absolute atomic E-state index is 15.3. The molecule has 11 nitrogen and oxygen atoms in total. The molecule has 0 unspecified atom stereocenters. The molecule has 5 aromatic carbocycles. The number of hydrogen-bond acceptors (Lipinski definition) is 9. The molecule has 0 saturated carbocycles. The van der Waals surface area contributed by atoms with Crippen LogP contribution < -0.4 is 10.1 Å². The van der Waals surface area contributed by atoms with Gasteiger partial charge in [-0.05, 0) is 65.2 Å². The van der Waals surface area contributed by atoms with Crippen LogP contribution in [0.3, 0.4) is 0 Å². The van der Waals surface area contributed by atoms with E-state index in [1.165, 1.54) is 19.7 Å². The monoisotopic (exact) mass is 790 g/mol. The fourth-order valence-electron chi connectivity index (χ4n) is 9.07. The van der Waals surface area contributed by atoms with Gasteiger partial charge < -0.3 is 19.9 Å². The third-order valence-electron chi connectivity index (χ3n) is 11.6. The lowest BCUT2D eigenvalue weighted by molar-refractivity contribution is -0.187. The Balaban J connectivity index is 1.33. The molecule has 3 heterocycles. The zero-order valence-corrected chi connectivity index (χ0v) is 33.2. The first-order valence-electron chi connectivity index (χ1n) is 19.7. The second-order valence-corrected chi connectivity index (χ2v) is 15.1. The van der Waals surface area contributed by atoms with Gasteiger partial charge >= 0.3 is 5.97 Å². The number of ether oxygens (including phenoxy) is 2. The Bertz CT molecular complexity index is 2370. The number of rotatable bonds is 11. The highest BCUT2D eigenvalue weighted by Crippen LogP contribution is 2.65. The molecule has 2 saturated heterocycles. The number of aliphatic hydroxyl groups excluding tert-OH is 1. The van der Waals surface area contributed by atoms with E-state index in [9.17, 15) is 9.90 Å². The predicted molar refractivity (Wildman–Crippen MR) is 222 cm³/mol. The van der Waals surface area contributed by atoms with Crippen molar-refractivity contribution in [3.63, 3.8) is 0 Å². The second-order valence-electron chi connectivity index (χ2n) is 15.1.